The van der Waals surface area contributed by atoms with Crippen molar-refractivity contribution in [1.29, 1.82) is 0 Å². The molecule has 4 heteroatoms. The fourth-order valence-corrected chi connectivity index (χ4v) is 3.12. The maximum absolute atomic E-state index is 12.8. The van der Waals surface area contributed by atoms with E-state index in [9.17, 15) is 9.90 Å². The summed E-state index contributed by atoms with van der Waals surface area (Å²) in [6.45, 7) is 0.852. The summed E-state index contributed by atoms with van der Waals surface area (Å²) in [5.74, 6) is 0.189. The van der Waals surface area contributed by atoms with E-state index in [2.05, 4.69) is 0 Å². The normalized spacial score (nSPS) is 24.5. The van der Waals surface area contributed by atoms with Gasteiger partial charge in [0, 0.05) is 12.2 Å². The maximum atomic E-state index is 12.8. The molecule has 1 atom stereocenters. The number of anilines is 1. The van der Waals surface area contributed by atoms with Crippen LogP contribution in [0.1, 0.15) is 31.2 Å². The lowest BCUT2D eigenvalue weighted by molar-refractivity contribution is -0.135. The molecule has 1 aromatic carbocycles. The van der Waals surface area contributed by atoms with E-state index in [0.717, 1.165) is 43.5 Å². The van der Waals surface area contributed by atoms with Crippen LogP contribution >= 0.6 is 0 Å². The minimum Gasteiger partial charge on any atom is -0.399 e. The van der Waals surface area contributed by atoms with Crippen molar-refractivity contribution in [1.82, 2.24) is 4.90 Å². The monoisotopic (exact) mass is 260 g/mol. The van der Waals surface area contributed by atoms with Gasteiger partial charge in [-0.3, -0.25) is 4.79 Å². The number of carbonyl (C=O) groups is 1. The molecule has 3 N–H and O–H groups in total. The second-order valence-corrected chi connectivity index (χ2v) is 5.68. The Morgan fingerprint density at radius 2 is 2.05 bits per heavy atom. The number of hydrogen-bond donors (Lipinski definition) is 2. The number of nitrogens with two attached hydrogens (primary N) is 1. The summed E-state index contributed by atoms with van der Waals surface area (Å²) < 4.78 is 0. The molecule has 1 saturated heterocycles. The zero-order chi connectivity index (χ0) is 13.5. The van der Waals surface area contributed by atoms with Crippen LogP contribution in [0.2, 0.25) is 0 Å². The molecule has 4 nitrogen and oxygen atoms in total. The molecule has 0 bridgehead atoms. The quantitative estimate of drug-likeness (QED) is 0.805. The Hall–Kier alpha value is -1.55. The molecular formula is C15H20N2O2. The van der Waals surface area contributed by atoms with Crippen molar-refractivity contribution in [2.75, 3.05) is 18.9 Å². The van der Waals surface area contributed by atoms with Gasteiger partial charge in [-0.05, 0) is 43.4 Å². The van der Waals surface area contributed by atoms with E-state index in [1.807, 2.05) is 29.2 Å². The number of aliphatic hydroxyl groups excluding tert-OH is 1. The van der Waals surface area contributed by atoms with Gasteiger partial charge in [-0.15, -0.1) is 0 Å². The minimum atomic E-state index is -0.342. The fourth-order valence-electron chi connectivity index (χ4n) is 3.12. The summed E-state index contributed by atoms with van der Waals surface area (Å²) in [6.07, 6.45) is 3.73. The van der Waals surface area contributed by atoms with Crippen molar-refractivity contribution < 1.29 is 9.90 Å². The highest BCUT2D eigenvalue weighted by molar-refractivity contribution is 5.91. The first-order chi connectivity index (χ1) is 9.17. The molecule has 2 aliphatic rings. The molecular weight excluding hydrogens is 240 g/mol. The third-order valence-electron chi connectivity index (χ3n) is 4.47. The Bertz CT molecular complexity index is 479. The first-order valence-corrected chi connectivity index (χ1v) is 6.95. The van der Waals surface area contributed by atoms with Gasteiger partial charge in [-0.2, -0.15) is 0 Å². The SMILES string of the molecule is Nc1ccc(C2(C(=O)N3CCC[C@@H]3CO)CC2)cc1. The zero-order valence-corrected chi connectivity index (χ0v) is 11.0. The fraction of sp³-hybridized carbons (Fsp3) is 0.533. The van der Waals surface area contributed by atoms with Gasteiger partial charge in [0.05, 0.1) is 18.1 Å². The van der Waals surface area contributed by atoms with E-state index in [4.69, 9.17) is 5.73 Å². The summed E-state index contributed by atoms with van der Waals surface area (Å²) >= 11 is 0. The average molecular weight is 260 g/mol. The van der Waals surface area contributed by atoms with Crippen molar-refractivity contribution in [3.8, 4) is 0 Å². The van der Waals surface area contributed by atoms with E-state index >= 15 is 0 Å². The van der Waals surface area contributed by atoms with Crippen molar-refractivity contribution in [3.05, 3.63) is 29.8 Å². The third-order valence-corrected chi connectivity index (χ3v) is 4.47. The molecule has 1 aromatic rings. The van der Waals surface area contributed by atoms with Gasteiger partial charge in [0.1, 0.15) is 0 Å². The summed E-state index contributed by atoms with van der Waals surface area (Å²) in [6, 6.07) is 7.65. The van der Waals surface area contributed by atoms with Crippen LogP contribution in [0.4, 0.5) is 5.69 Å². The minimum absolute atomic E-state index is 0.0127. The van der Waals surface area contributed by atoms with Crippen LogP contribution < -0.4 is 5.73 Å². The number of hydrogen-bond acceptors (Lipinski definition) is 3. The first kappa shape index (κ1) is 12.5. The van der Waals surface area contributed by atoms with Crippen LogP contribution in [0.15, 0.2) is 24.3 Å². The van der Waals surface area contributed by atoms with Crippen molar-refractivity contribution in [3.63, 3.8) is 0 Å². The number of aliphatic hydroxyl groups is 1. The van der Waals surface area contributed by atoms with Crippen molar-refractivity contribution in [2.24, 2.45) is 0 Å². The van der Waals surface area contributed by atoms with E-state index in [1.54, 1.807) is 0 Å². The molecule has 1 amide bonds. The molecule has 0 aromatic heterocycles. The Labute approximate surface area is 113 Å². The smallest absolute Gasteiger partial charge is 0.233 e. The van der Waals surface area contributed by atoms with Crippen LogP contribution in [0.25, 0.3) is 0 Å². The van der Waals surface area contributed by atoms with Crippen LogP contribution in [-0.4, -0.2) is 35.1 Å². The van der Waals surface area contributed by atoms with E-state index in [0.29, 0.717) is 0 Å². The lowest BCUT2D eigenvalue weighted by atomic mass is 9.94. The standard InChI is InChI=1S/C15H20N2O2/c16-12-5-3-11(4-6-12)15(7-8-15)14(19)17-9-1-2-13(17)10-18/h3-6,13,18H,1-2,7-10,16H2/t13-/m1/s1. The average Bonchev–Trinajstić information content (AvgIpc) is 3.09. The van der Waals surface area contributed by atoms with Crippen LogP contribution in [0.5, 0.6) is 0 Å². The lowest BCUT2D eigenvalue weighted by Gasteiger charge is -2.28. The summed E-state index contributed by atoms with van der Waals surface area (Å²) in [7, 11) is 0. The van der Waals surface area contributed by atoms with E-state index in [-0.39, 0.29) is 24.0 Å². The number of nitrogens with zero attached hydrogens (tertiary/aromatic N) is 1. The van der Waals surface area contributed by atoms with Gasteiger partial charge in [0.15, 0.2) is 0 Å². The Morgan fingerprint density at radius 3 is 2.63 bits per heavy atom. The summed E-state index contributed by atoms with van der Waals surface area (Å²) in [5, 5.41) is 9.37. The highest BCUT2D eigenvalue weighted by atomic mass is 16.3. The predicted octanol–water partition coefficient (Wildman–Crippen LogP) is 1.28. The molecule has 102 valence electrons. The van der Waals surface area contributed by atoms with Gasteiger partial charge < -0.3 is 15.7 Å². The predicted molar refractivity (Wildman–Crippen MR) is 73.6 cm³/mol. The Balaban J connectivity index is 1.84. The number of rotatable bonds is 3. The number of carbonyl (C=O) groups excluding carboxylic acids is 1. The molecule has 0 unspecified atom stereocenters. The highest BCUT2D eigenvalue weighted by Crippen LogP contribution is 2.50. The summed E-state index contributed by atoms with van der Waals surface area (Å²) in [5.41, 5.74) is 7.15. The number of benzene rings is 1. The van der Waals surface area contributed by atoms with Gasteiger partial charge >= 0.3 is 0 Å². The maximum Gasteiger partial charge on any atom is 0.233 e. The van der Waals surface area contributed by atoms with Gasteiger partial charge in [-0.25, -0.2) is 0 Å². The highest BCUT2D eigenvalue weighted by Gasteiger charge is 2.54. The van der Waals surface area contributed by atoms with Crippen LogP contribution in [0, 0.1) is 0 Å². The third kappa shape index (κ3) is 2.00. The van der Waals surface area contributed by atoms with Gasteiger partial charge in [0.2, 0.25) is 5.91 Å². The number of nitrogen functional groups attached to an aromatic ring is 1. The van der Waals surface area contributed by atoms with E-state index in [1.165, 1.54) is 0 Å². The molecule has 1 saturated carbocycles. The van der Waals surface area contributed by atoms with Gasteiger partial charge in [-0.1, -0.05) is 12.1 Å². The molecule has 0 radical (unpaired) electrons. The molecule has 2 fully saturated rings. The largest absolute Gasteiger partial charge is 0.399 e. The van der Waals surface area contributed by atoms with Crippen molar-refractivity contribution >= 4 is 11.6 Å². The molecule has 0 spiro atoms. The van der Waals surface area contributed by atoms with Crippen LogP contribution in [-0.2, 0) is 10.2 Å². The molecule has 1 aliphatic carbocycles. The molecule has 1 heterocycles. The van der Waals surface area contributed by atoms with Crippen molar-refractivity contribution in [2.45, 2.75) is 37.1 Å². The second kappa shape index (κ2) is 4.53. The van der Waals surface area contributed by atoms with Gasteiger partial charge in [0.25, 0.3) is 0 Å². The number of amides is 1. The zero-order valence-electron chi connectivity index (χ0n) is 11.0. The Morgan fingerprint density at radius 1 is 1.37 bits per heavy atom. The van der Waals surface area contributed by atoms with E-state index < -0.39 is 0 Å². The summed E-state index contributed by atoms with van der Waals surface area (Å²) in [4.78, 5) is 14.6. The van der Waals surface area contributed by atoms with Crippen LogP contribution in [0.3, 0.4) is 0 Å². The Kier molecular flexibility index (Phi) is 2.97. The number of likely N-dealkylation sites (tertiary alicyclic amines) is 1. The second-order valence-electron chi connectivity index (χ2n) is 5.68. The molecule has 3 rings (SSSR count). The molecule has 1 aliphatic heterocycles. The lowest BCUT2D eigenvalue weighted by Crippen LogP contribution is -2.43. The topological polar surface area (TPSA) is 66.6 Å². The first-order valence-electron chi connectivity index (χ1n) is 6.95. The molecule has 19 heavy (non-hydrogen) atoms.